The van der Waals surface area contributed by atoms with E-state index in [9.17, 15) is 9.90 Å². The normalized spacial score (nSPS) is 15.3. The van der Waals surface area contributed by atoms with Crippen LogP contribution in [0.5, 0.6) is 5.75 Å². The summed E-state index contributed by atoms with van der Waals surface area (Å²) >= 11 is 0. The standard InChI is InChI=1S/C17H27NO3/c1-6-10(3)13-8-12(15(18)17(19)20)9-14(11(4)7-2)16(13)21-5/h8-11,15H,6-7,18H2,1-5H3,(H,19,20). The summed E-state index contributed by atoms with van der Waals surface area (Å²) in [6.45, 7) is 8.45. The van der Waals surface area contributed by atoms with Gasteiger partial charge in [0.1, 0.15) is 11.8 Å². The van der Waals surface area contributed by atoms with E-state index in [1.807, 2.05) is 12.1 Å². The number of ether oxygens (including phenoxy) is 1. The van der Waals surface area contributed by atoms with E-state index < -0.39 is 12.0 Å². The van der Waals surface area contributed by atoms with E-state index >= 15 is 0 Å². The topological polar surface area (TPSA) is 72.6 Å². The van der Waals surface area contributed by atoms with Crippen molar-refractivity contribution in [3.63, 3.8) is 0 Å². The minimum Gasteiger partial charge on any atom is -0.496 e. The number of rotatable bonds is 7. The first kappa shape index (κ1) is 17.5. The maximum Gasteiger partial charge on any atom is 0.325 e. The zero-order valence-corrected chi connectivity index (χ0v) is 13.6. The zero-order chi connectivity index (χ0) is 16.2. The van der Waals surface area contributed by atoms with Crippen molar-refractivity contribution < 1.29 is 14.6 Å². The molecule has 0 bridgehead atoms. The number of methoxy groups -OCH3 is 1. The van der Waals surface area contributed by atoms with E-state index in [4.69, 9.17) is 10.5 Å². The molecule has 4 heteroatoms. The summed E-state index contributed by atoms with van der Waals surface area (Å²) in [6.07, 6.45) is 1.92. The van der Waals surface area contributed by atoms with E-state index in [-0.39, 0.29) is 0 Å². The Labute approximate surface area is 127 Å². The Bertz CT molecular complexity index is 468. The van der Waals surface area contributed by atoms with Gasteiger partial charge in [-0.15, -0.1) is 0 Å². The fraction of sp³-hybridized carbons (Fsp3) is 0.588. The Morgan fingerprint density at radius 3 is 1.90 bits per heavy atom. The summed E-state index contributed by atoms with van der Waals surface area (Å²) in [6, 6.07) is 2.77. The number of carboxylic acid groups (broad SMARTS) is 1. The van der Waals surface area contributed by atoms with Crippen molar-refractivity contribution in [1.29, 1.82) is 0 Å². The quantitative estimate of drug-likeness (QED) is 0.802. The van der Waals surface area contributed by atoms with Gasteiger partial charge in [-0.25, -0.2) is 0 Å². The predicted octanol–water partition coefficient (Wildman–Crippen LogP) is 3.81. The summed E-state index contributed by atoms with van der Waals surface area (Å²) in [5, 5.41) is 9.18. The highest BCUT2D eigenvalue weighted by Gasteiger charge is 2.23. The van der Waals surface area contributed by atoms with Crippen LogP contribution in [0.25, 0.3) is 0 Å². The average molecular weight is 293 g/mol. The molecule has 1 aromatic rings. The molecule has 4 nitrogen and oxygen atoms in total. The molecule has 0 saturated heterocycles. The van der Waals surface area contributed by atoms with Crippen LogP contribution in [0.4, 0.5) is 0 Å². The second kappa shape index (κ2) is 7.46. The molecule has 1 rings (SSSR count). The highest BCUT2D eigenvalue weighted by molar-refractivity contribution is 5.75. The lowest BCUT2D eigenvalue weighted by atomic mass is 9.87. The highest BCUT2D eigenvalue weighted by Crippen LogP contribution is 2.38. The zero-order valence-electron chi connectivity index (χ0n) is 13.6. The molecule has 0 aliphatic heterocycles. The third kappa shape index (κ3) is 3.76. The van der Waals surface area contributed by atoms with Crippen molar-refractivity contribution in [3.8, 4) is 5.75 Å². The largest absolute Gasteiger partial charge is 0.496 e. The fourth-order valence-corrected chi connectivity index (χ4v) is 2.43. The van der Waals surface area contributed by atoms with E-state index in [1.54, 1.807) is 7.11 Å². The van der Waals surface area contributed by atoms with Crippen molar-refractivity contribution in [3.05, 3.63) is 28.8 Å². The lowest BCUT2D eigenvalue weighted by Crippen LogP contribution is -2.21. The van der Waals surface area contributed by atoms with Crippen LogP contribution in [0.15, 0.2) is 12.1 Å². The van der Waals surface area contributed by atoms with Gasteiger partial charge in [-0.3, -0.25) is 4.79 Å². The highest BCUT2D eigenvalue weighted by atomic mass is 16.5. The van der Waals surface area contributed by atoms with E-state index in [0.29, 0.717) is 17.4 Å². The monoisotopic (exact) mass is 293 g/mol. The van der Waals surface area contributed by atoms with Gasteiger partial charge in [-0.1, -0.05) is 27.7 Å². The van der Waals surface area contributed by atoms with Crippen LogP contribution in [-0.4, -0.2) is 18.2 Å². The molecule has 21 heavy (non-hydrogen) atoms. The number of nitrogens with two attached hydrogens (primary N) is 1. The van der Waals surface area contributed by atoms with Crippen LogP contribution in [-0.2, 0) is 4.79 Å². The molecule has 0 heterocycles. The predicted molar refractivity (Wildman–Crippen MR) is 85.0 cm³/mol. The Hall–Kier alpha value is -1.55. The number of hydrogen-bond donors (Lipinski definition) is 2. The van der Waals surface area contributed by atoms with Crippen LogP contribution in [0, 0.1) is 0 Å². The summed E-state index contributed by atoms with van der Waals surface area (Å²) < 4.78 is 5.63. The van der Waals surface area contributed by atoms with Crippen molar-refractivity contribution in [2.45, 2.75) is 58.4 Å². The van der Waals surface area contributed by atoms with Gasteiger partial charge in [0.25, 0.3) is 0 Å². The SMILES string of the molecule is CCC(C)c1cc(C(N)C(=O)O)cc(C(C)CC)c1OC. The molecule has 1 aromatic carbocycles. The van der Waals surface area contributed by atoms with Crippen LogP contribution >= 0.6 is 0 Å². The number of carbonyl (C=O) groups is 1. The Balaban J connectivity index is 3.53. The average Bonchev–Trinajstić information content (AvgIpc) is 2.50. The third-order valence-electron chi connectivity index (χ3n) is 4.28. The smallest absolute Gasteiger partial charge is 0.325 e. The maximum atomic E-state index is 11.2. The molecule has 0 saturated carbocycles. The van der Waals surface area contributed by atoms with Gasteiger partial charge in [0.2, 0.25) is 0 Å². The minimum atomic E-state index is -1.01. The Morgan fingerprint density at radius 2 is 1.62 bits per heavy atom. The lowest BCUT2D eigenvalue weighted by Gasteiger charge is -2.23. The van der Waals surface area contributed by atoms with Crippen LogP contribution in [0.1, 0.15) is 75.1 Å². The van der Waals surface area contributed by atoms with Crippen LogP contribution < -0.4 is 10.5 Å². The Kier molecular flexibility index (Phi) is 6.21. The molecule has 0 amide bonds. The first-order valence-electron chi connectivity index (χ1n) is 7.57. The summed E-state index contributed by atoms with van der Waals surface area (Å²) in [4.78, 5) is 11.2. The second-order valence-corrected chi connectivity index (χ2v) is 5.67. The summed E-state index contributed by atoms with van der Waals surface area (Å²) in [5.74, 6) is 0.456. The fourth-order valence-electron chi connectivity index (χ4n) is 2.43. The molecule has 3 unspecified atom stereocenters. The maximum absolute atomic E-state index is 11.2. The molecular formula is C17H27NO3. The number of benzene rings is 1. The van der Waals surface area contributed by atoms with Gasteiger partial charge < -0.3 is 15.6 Å². The first-order chi connectivity index (χ1) is 9.87. The second-order valence-electron chi connectivity index (χ2n) is 5.67. The van der Waals surface area contributed by atoms with E-state index in [2.05, 4.69) is 27.7 Å². The van der Waals surface area contributed by atoms with Crippen molar-refractivity contribution in [2.75, 3.05) is 7.11 Å². The minimum absolute atomic E-state index is 0.295. The van der Waals surface area contributed by atoms with E-state index in [1.165, 1.54) is 0 Å². The molecule has 0 fully saturated rings. The summed E-state index contributed by atoms with van der Waals surface area (Å²) in [7, 11) is 1.67. The first-order valence-corrected chi connectivity index (χ1v) is 7.57. The molecule has 0 aliphatic rings. The molecule has 0 radical (unpaired) electrons. The Morgan fingerprint density at radius 1 is 1.19 bits per heavy atom. The lowest BCUT2D eigenvalue weighted by molar-refractivity contribution is -0.138. The molecule has 0 aromatic heterocycles. The van der Waals surface area contributed by atoms with Gasteiger partial charge in [0.15, 0.2) is 0 Å². The molecule has 118 valence electrons. The van der Waals surface area contributed by atoms with Gasteiger partial charge in [0.05, 0.1) is 7.11 Å². The molecule has 3 atom stereocenters. The van der Waals surface area contributed by atoms with Gasteiger partial charge in [0, 0.05) is 0 Å². The van der Waals surface area contributed by atoms with E-state index in [0.717, 1.165) is 29.7 Å². The molecule has 0 spiro atoms. The molecule has 3 N–H and O–H groups in total. The third-order valence-corrected chi connectivity index (χ3v) is 4.28. The van der Waals surface area contributed by atoms with Crippen molar-refractivity contribution >= 4 is 5.97 Å². The number of carboxylic acids is 1. The van der Waals surface area contributed by atoms with Gasteiger partial charge in [-0.2, -0.15) is 0 Å². The molecular weight excluding hydrogens is 266 g/mol. The van der Waals surface area contributed by atoms with Crippen molar-refractivity contribution in [1.82, 2.24) is 0 Å². The van der Waals surface area contributed by atoms with Crippen LogP contribution in [0.3, 0.4) is 0 Å². The van der Waals surface area contributed by atoms with Gasteiger partial charge >= 0.3 is 5.97 Å². The van der Waals surface area contributed by atoms with Gasteiger partial charge in [-0.05, 0) is 53.5 Å². The summed E-state index contributed by atoms with van der Waals surface area (Å²) in [5.41, 5.74) is 8.55. The molecule has 0 aliphatic carbocycles. The van der Waals surface area contributed by atoms with Crippen molar-refractivity contribution in [2.24, 2.45) is 5.73 Å². The van der Waals surface area contributed by atoms with Crippen LogP contribution in [0.2, 0.25) is 0 Å². The number of aliphatic carboxylic acids is 1. The number of hydrogen-bond acceptors (Lipinski definition) is 3.